The zero-order valence-electron chi connectivity index (χ0n) is 18.1. The van der Waals surface area contributed by atoms with Crippen molar-refractivity contribution in [3.8, 4) is 11.1 Å². The van der Waals surface area contributed by atoms with Gasteiger partial charge >= 0.3 is 11.9 Å². The normalized spacial score (nSPS) is 13.7. The van der Waals surface area contributed by atoms with Crippen LogP contribution >= 0.6 is 0 Å². The minimum Gasteiger partial charge on any atom is -0.388 e. The van der Waals surface area contributed by atoms with Crippen LogP contribution in [-0.4, -0.2) is 29.9 Å². The van der Waals surface area contributed by atoms with Crippen LogP contribution in [0.15, 0.2) is 42.5 Å². The number of amides is 1. The van der Waals surface area contributed by atoms with E-state index >= 15 is 0 Å². The molecule has 2 aromatic rings. The highest BCUT2D eigenvalue weighted by Gasteiger charge is 2.29. The molecule has 3 N–H and O–H groups in total. The maximum Gasteiger partial charge on any atom is 0.346 e. The third-order valence-electron chi connectivity index (χ3n) is 5.79. The van der Waals surface area contributed by atoms with Gasteiger partial charge in [0.05, 0.1) is 5.56 Å². The van der Waals surface area contributed by atoms with Crippen LogP contribution in [0.2, 0.25) is 0 Å². The minimum absolute atomic E-state index is 0.0412. The molecule has 1 amide bonds. The van der Waals surface area contributed by atoms with Crippen molar-refractivity contribution in [3.05, 3.63) is 59.2 Å². The lowest BCUT2D eigenvalue weighted by Crippen LogP contribution is -2.45. The molecule has 2 aromatic carbocycles. The molecular weight excluding hydrogens is 392 g/mol. The van der Waals surface area contributed by atoms with E-state index in [1.165, 1.54) is 0 Å². The Labute approximate surface area is 183 Å². The molecular formula is C25H30N2O4. The summed E-state index contributed by atoms with van der Waals surface area (Å²) in [6.07, 6.45) is 3.53. The lowest BCUT2D eigenvalue weighted by atomic mass is 10.0. The van der Waals surface area contributed by atoms with Crippen LogP contribution in [0.4, 0.5) is 0 Å². The van der Waals surface area contributed by atoms with E-state index in [1.54, 1.807) is 12.1 Å². The van der Waals surface area contributed by atoms with Crippen molar-refractivity contribution < 1.29 is 19.1 Å². The number of ether oxygens (including phenoxy) is 1. The Morgan fingerprint density at radius 3 is 2.48 bits per heavy atom. The number of hydrogen-bond donors (Lipinski definition) is 2. The van der Waals surface area contributed by atoms with Crippen molar-refractivity contribution in [1.29, 1.82) is 0 Å². The third kappa shape index (κ3) is 5.39. The van der Waals surface area contributed by atoms with Gasteiger partial charge in [0.2, 0.25) is 5.91 Å². The number of esters is 2. The molecule has 0 heterocycles. The standard InChI is InChI=1S/C25H30N2O4/c1-3-8-17(4-2)27-22(13-14-23(26)28)25(30)31-24(29)20-12-7-11-19-18-10-6-5-9-16(18)15-21(19)20/h5-7,9-12,17,22,27H,3-4,8,13-15H2,1-2H3,(H2,26,28)/t17?,22-/m0/s1. The van der Waals surface area contributed by atoms with E-state index in [4.69, 9.17) is 10.5 Å². The summed E-state index contributed by atoms with van der Waals surface area (Å²) in [5.74, 6) is -1.83. The van der Waals surface area contributed by atoms with Gasteiger partial charge in [-0.05, 0) is 54.0 Å². The van der Waals surface area contributed by atoms with E-state index in [0.717, 1.165) is 41.5 Å². The molecule has 0 fully saturated rings. The highest BCUT2D eigenvalue weighted by atomic mass is 16.6. The Balaban J connectivity index is 1.76. The SMILES string of the molecule is CCCC(CC)N[C@@H](CCC(N)=O)C(=O)OC(=O)c1cccc2c1Cc1ccccc1-2. The fourth-order valence-electron chi connectivity index (χ4n) is 4.16. The van der Waals surface area contributed by atoms with Gasteiger partial charge in [-0.1, -0.05) is 56.7 Å². The smallest absolute Gasteiger partial charge is 0.346 e. The fourth-order valence-corrected chi connectivity index (χ4v) is 4.16. The van der Waals surface area contributed by atoms with Gasteiger partial charge in [0.1, 0.15) is 6.04 Å². The second-order valence-corrected chi connectivity index (χ2v) is 7.99. The van der Waals surface area contributed by atoms with Crippen LogP contribution in [0, 0.1) is 0 Å². The van der Waals surface area contributed by atoms with E-state index in [-0.39, 0.29) is 18.9 Å². The third-order valence-corrected chi connectivity index (χ3v) is 5.79. The largest absolute Gasteiger partial charge is 0.388 e. The van der Waals surface area contributed by atoms with Crippen LogP contribution in [0.3, 0.4) is 0 Å². The average Bonchev–Trinajstić information content (AvgIpc) is 3.14. The lowest BCUT2D eigenvalue weighted by molar-refractivity contribution is -0.140. The van der Waals surface area contributed by atoms with Crippen molar-refractivity contribution in [2.45, 2.75) is 64.5 Å². The summed E-state index contributed by atoms with van der Waals surface area (Å²) in [6.45, 7) is 4.10. The quantitative estimate of drug-likeness (QED) is 0.383. The Morgan fingerprint density at radius 2 is 1.77 bits per heavy atom. The number of nitrogens with one attached hydrogen (secondary N) is 1. The van der Waals surface area contributed by atoms with E-state index < -0.39 is 23.9 Å². The number of benzene rings is 2. The number of hydrogen-bond acceptors (Lipinski definition) is 5. The Morgan fingerprint density at radius 1 is 1.03 bits per heavy atom. The maximum absolute atomic E-state index is 12.9. The second kappa shape index (κ2) is 10.4. The number of primary amides is 1. The molecule has 0 aromatic heterocycles. The molecule has 0 saturated heterocycles. The highest BCUT2D eigenvalue weighted by Crippen LogP contribution is 2.38. The fraction of sp³-hybridized carbons (Fsp3) is 0.400. The zero-order valence-corrected chi connectivity index (χ0v) is 18.1. The first-order valence-corrected chi connectivity index (χ1v) is 10.9. The van der Waals surface area contributed by atoms with E-state index in [0.29, 0.717) is 12.0 Å². The van der Waals surface area contributed by atoms with Crippen LogP contribution < -0.4 is 11.1 Å². The number of nitrogens with two attached hydrogens (primary N) is 1. The van der Waals surface area contributed by atoms with Crippen molar-refractivity contribution in [2.24, 2.45) is 5.73 Å². The topological polar surface area (TPSA) is 98.5 Å². The van der Waals surface area contributed by atoms with Crippen LogP contribution in [0.25, 0.3) is 11.1 Å². The molecule has 1 unspecified atom stereocenters. The molecule has 164 valence electrons. The van der Waals surface area contributed by atoms with Gasteiger partial charge in [0, 0.05) is 12.5 Å². The first-order valence-electron chi connectivity index (χ1n) is 10.9. The molecule has 3 rings (SSSR count). The van der Waals surface area contributed by atoms with Gasteiger partial charge in [0.25, 0.3) is 0 Å². The first-order chi connectivity index (χ1) is 14.9. The predicted molar refractivity (Wildman–Crippen MR) is 119 cm³/mol. The maximum atomic E-state index is 12.9. The minimum atomic E-state index is -0.762. The van der Waals surface area contributed by atoms with Crippen molar-refractivity contribution in [2.75, 3.05) is 0 Å². The summed E-state index contributed by atoms with van der Waals surface area (Å²) in [6, 6.07) is 12.8. The zero-order chi connectivity index (χ0) is 22.4. The van der Waals surface area contributed by atoms with Gasteiger partial charge in [0.15, 0.2) is 0 Å². The van der Waals surface area contributed by atoms with E-state index in [9.17, 15) is 14.4 Å². The van der Waals surface area contributed by atoms with Gasteiger partial charge in [-0.2, -0.15) is 0 Å². The van der Waals surface area contributed by atoms with Gasteiger partial charge in [-0.25, -0.2) is 9.59 Å². The Kier molecular flexibility index (Phi) is 7.58. The number of fused-ring (bicyclic) bond motifs is 3. The summed E-state index contributed by atoms with van der Waals surface area (Å²) < 4.78 is 5.29. The molecule has 6 nitrogen and oxygen atoms in total. The highest BCUT2D eigenvalue weighted by molar-refractivity contribution is 6.01. The van der Waals surface area contributed by atoms with Crippen molar-refractivity contribution in [3.63, 3.8) is 0 Å². The predicted octanol–water partition coefficient (Wildman–Crippen LogP) is 3.74. The van der Waals surface area contributed by atoms with Gasteiger partial charge in [-0.3, -0.25) is 4.79 Å². The molecule has 0 aliphatic heterocycles. The average molecular weight is 423 g/mol. The summed E-state index contributed by atoms with van der Waals surface area (Å²) in [5, 5.41) is 3.25. The molecule has 0 bridgehead atoms. The molecule has 1 aliphatic rings. The molecule has 0 radical (unpaired) electrons. The molecule has 6 heteroatoms. The van der Waals surface area contributed by atoms with Crippen LogP contribution in [-0.2, 0) is 20.7 Å². The summed E-state index contributed by atoms with van der Waals surface area (Å²) in [7, 11) is 0. The summed E-state index contributed by atoms with van der Waals surface area (Å²) in [5.41, 5.74) is 9.79. The molecule has 31 heavy (non-hydrogen) atoms. The Hall–Kier alpha value is -2.99. The molecule has 0 saturated carbocycles. The van der Waals surface area contributed by atoms with Crippen LogP contribution in [0.5, 0.6) is 0 Å². The van der Waals surface area contributed by atoms with E-state index in [2.05, 4.69) is 12.2 Å². The summed E-state index contributed by atoms with van der Waals surface area (Å²) in [4.78, 5) is 37.0. The second-order valence-electron chi connectivity index (χ2n) is 7.99. The Bertz CT molecular complexity index is 970. The molecule has 1 aliphatic carbocycles. The summed E-state index contributed by atoms with van der Waals surface area (Å²) >= 11 is 0. The van der Waals surface area contributed by atoms with Gasteiger partial charge < -0.3 is 15.8 Å². The molecule has 2 atom stereocenters. The van der Waals surface area contributed by atoms with Crippen LogP contribution in [0.1, 0.15) is 67.4 Å². The van der Waals surface area contributed by atoms with Crippen molar-refractivity contribution >= 4 is 17.8 Å². The van der Waals surface area contributed by atoms with Gasteiger partial charge in [-0.15, -0.1) is 0 Å². The van der Waals surface area contributed by atoms with E-state index in [1.807, 2.05) is 37.3 Å². The molecule has 0 spiro atoms. The first kappa shape index (κ1) is 22.7. The van der Waals surface area contributed by atoms with Crippen molar-refractivity contribution in [1.82, 2.24) is 5.32 Å². The number of carbonyl (C=O) groups is 3. The monoisotopic (exact) mass is 422 g/mol. The number of carbonyl (C=O) groups excluding carboxylic acids is 3. The number of rotatable bonds is 10. The lowest BCUT2D eigenvalue weighted by Gasteiger charge is -2.23.